The summed E-state index contributed by atoms with van der Waals surface area (Å²) in [5.41, 5.74) is 5.91. The van der Waals surface area contributed by atoms with Gasteiger partial charge in [-0.15, -0.1) is 0 Å². The summed E-state index contributed by atoms with van der Waals surface area (Å²) in [5.74, 6) is 0.387. The van der Waals surface area contributed by atoms with Crippen LogP contribution in [0.3, 0.4) is 0 Å². The van der Waals surface area contributed by atoms with Crippen LogP contribution in [-0.4, -0.2) is 43.6 Å². The van der Waals surface area contributed by atoms with Crippen LogP contribution in [0.5, 0.6) is 5.75 Å². The number of fused-ring (bicyclic) bond motifs is 1. The van der Waals surface area contributed by atoms with Crippen molar-refractivity contribution in [3.63, 3.8) is 0 Å². The summed E-state index contributed by atoms with van der Waals surface area (Å²) in [5, 5.41) is 9.83. The number of likely N-dealkylation sites (N-methyl/N-ethyl adjacent to an activating group) is 1. The molecule has 0 bridgehead atoms. The number of rotatable bonds is 4. The monoisotopic (exact) mass is 314 g/mol. The van der Waals surface area contributed by atoms with Gasteiger partial charge in [0.15, 0.2) is 0 Å². The number of nitrogens with two attached hydrogens (primary N) is 1. The number of anilines is 1. The fourth-order valence-corrected chi connectivity index (χ4v) is 3.99. The maximum absolute atomic E-state index is 12.7. The highest BCUT2D eigenvalue weighted by molar-refractivity contribution is 7.89. The highest BCUT2D eigenvalue weighted by Crippen LogP contribution is 2.36. The van der Waals surface area contributed by atoms with E-state index in [1.54, 1.807) is 19.9 Å². The van der Waals surface area contributed by atoms with E-state index in [2.05, 4.69) is 0 Å². The molecule has 0 aromatic heterocycles. The zero-order valence-corrected chi connectivity index (χ0v) is 13.4. The molecule has 0 saturated carbocycles. The standard InChI is InChI=1S/C14H22N2O4S/c1-14(2,17)9-16(3)21(18,19)12-8-11(15)7-10-5-4-6-20-13(10)12/h7-8,17H,4-6,9,15H2,1-3H3. The van der Waals surface area contributed by atoms with Gasteiger partial charge < -0.3 is 15.6 Å². The second-order valence-corrected chi connectivity index (χ2v) is 8.05. The first-order valence-electron chi connectivity index (χ1n) is 6.85. The fraction of sp³-hybridized carbons (Fsp3) is 0.571. The van der Waals surface area contributed by atoms with E-state index in [9.17, 15) is 13.5 Å². The molecule has 6 nitrogen and oxygen atoms in total. The van der Waals surface area contributed by atoms with E-state index in [1.807, 2.05) is 0 Å². The smallest absolute Gasteiger partial charge is 0.246 e. The van der Waals surface area contributed by atoms with Gasteiger partial charge in [-0.3, -0.25) is 0 Å². The molecule has 0 saturated heterocycles. The van der Waals surface area contributed by atoms with Gasteiger partial charge in [0.05, 0.1) is 12.2 Å². The largest absolute Gasteiger partial charge is 0.492 e. The summed E-state index contributed by atoms with van der Waals surface area (Å²) in [6.45, 7) is 3.60. The van der Waals surface area contributed by atoms with E-state index in [-0.39, 0.29) is 11.4 Å². The quantitative estimate of drug-likeness (QED) is 0.808. The van der Waals surface area contributed by atoms with Gasteiger partial charge in [0.25, 0.3) is 0 Å². The van der Waals surface area contributed by atoms with Crippen molar-refractivity contribution in [1.29, 1.82) is 0 Å². The molecule has 7 heteroatoms. The zero-order chi connectivity index (χ0) is 15.8. The van der Waals surface area contributed by atoms with Crippen molar-refractivity contribution in [2.24, 2.45) is 0 Å². The molecular weight excluding hydrogens is 292 g/mol. The third kappa shape index (κ3) is 3.48. The van der Waals surface area contributed by atoms with Crippen molar-refractivity contribution >= 4 is 15.7 Å². The molecule has 118 valence electrons. The maximum atomic E-state index is 12.7. The van der Waals surface area contributed by atoms with Gasteiger partial charge in [-0.1, -0.05) is 0 Å². The van der Waals surface area contributed by atoms with Crippen LogP contribution in [0.2, 0.25) is 0 Å². The van der Waals surface area contributed by atoms with E-state index in [0.29, 0.717) is 18.0 Å². The molecule has 0 atom stereocenters. The Morgan fingerprint density at radius 2 is 2.10 bits per heavy atom. The minimum Gasteiger partial charge on any atom is -0.492 e. The second kappa shape index (κ2) is 5.47. The Bertz CT molecular complexity index is 635. The predicted octanol–water partition coefficient (Wildman–Crippen LogP) is 0.985. The van der Waals surface area contributed by atoms with Crippen LogP contribution in [0.4, 0.5) is 5.69 Å². The van der Waals surface area contributed by atoms with Crippen molar-refractivity contribution in [3.05, 3.63) is 17.7 Å². The van der Waals surface area contributed by atoms with Gasteiger partial charge in [-0.2, -0.15) is 4.31 Å². The number of nitrogen functional groups attached to an aromatic ring is 1. The Hall–Kier alpha value is -1.31. The molecule has 1 aliphatic heterocycles. The molecular formula is C14H22N2O4S. The SMILES string of the molecule is CN(CC(C)(C)O)S(=O)(=O)c1cc(N)cc2c1OCCC2. The lowest BCUT2D eigenvalue weighted by molar-refractivity contribution is 0.0639. The van der Waals surface area contributed by atoms with Crippen LogP contribution in [0.15, 0.2) is 17.0 Å². The van der Waals surface area contributed by atoms with Crippen LogP contribution < -0.4 is 10.5 Å². The Balaban J connectivity index is 2.47. The van der Waals surface area contributed by atoms with Crippen molar-refractivity contribution in [1.82, 2.24) is 4.31 Å². The lowest BCUT2D eigenvalue weighted by atomic mass is 10.1. The fourth-order valence-electron chi connectivity index (χ4n) is 2.46. The highest BCUT2D eigenvalue weighted by atomic mass is 32.2. The number of nitrogens with zero attached hydrogens (tertiary/aromatic N) is 1. The van der Waals surface area contributed by atoms with E-state index in [1.165, 1.54) is 13.1 Å². The lowest BCUT2D eigenvalue weighted by Gasteiger charge is -2.27. The van der Waals surface area contributed by atoms with Gasteiger partial charge in [-0.05, 0) is 44.4 Å². The summed E-state index contributed by atoms with van der Waals surface area (Å²) in [7, 11) is -2.33. The first-order chi connectivity index (χ1) is 9.61. The van der Waals surface area contributed by atoms with E-state index < -0.39 is 15.6 Å². The number of ether oxygens (including phenoxy) is 1. The Morgan fingerprint density at radius 1 is 1.43 bits per heavy atom. The second-order valence-electron chi connectivity index (χ2n) is 6.03. The molecule has 0 aliphatic carbocycles. The molecule has 3 N–H and O–H groups in total. The third-order valence-electron chi connectivity index (χ3n) is 3.29. The van der Waals surface area contributed by atoms with Gasteiger partial charge in [-0.25, -0.2) is 8.42 Å². The third-order valence-corrected chi connectivity index (χ3v) is 5.10. The number of benzene rings is 1. The van der Waals surface area contributed by atoms with Crippen LogP contribution in [0.1, 0.15) is 25.8 Å². The number of aryl methyl sites for hydroxylation is 1. The molecule has 0 amide bonds. The topological polar surface area (TPSA) is 92.9 Å². The van der Waals surface area contributed by atoms with Crippen molar-refractivity contribution in [2.75, 3.05) is 25.9 Å². The number of aliphatic hydroxyl groups is 1. The van der Waals surface area contributed by atoms with Crippen LogP contribution in [0, 0.1) is 0 Å². The summed E-state index contributed by atoms with van der Waals surface area (Å²) in [4.78, 5) is 0.0731. The number of sulfonamides is 1. The minimum absolute atomic E-state index is 0.0150. The predicted molar refractivity (Wildman–Crippen MR) is 80.8 cm³/mol. The van der Waals surface area contributed by atoms with Gasteiger partial charge in [0.2, 0.25) is 10.0 Å². The summed E-state index contributed by atoms with van der Waals surface area (Å²) < 4.78 is 32.1. The summed E-state index contributed by atoms with van der Waals surface area (Å²) in [6.07, 6.45) is 1.59. The molecule has 21 heavy (non-hydrogen) atoms. The van der Waals surface area contributed by atoms with Gasteiger partial charge in [0, 0.05) is 19.3 Å². The van der Waals surface area contributed by atoms with E-state index in [4.69, 9.17) is 10.5 Å². The highest BCUT2D eigenvalue weighted by Gasteiger charge is 2.31. The van der Waals surface area contributed by atoms with Crippen LogP contribution in [-0.2, 0) is 16.4 Å². The maximum Gasteiger partial charge on any atom is 0.246 e. The summed E-state index contributed by atoms with van der Waals surface area (Å²) in [6, 6.07) is 3.17. The van der Waals surface area contributed by atoms with Gasteiger partial charge >= 0.3 is 0 Å². The Morgan fingerprint density at radius 3 is 2.71 bits per heavy atom. The molecule has 0 radical (unpaired) electrons. The molecule has 0 unspecified atom stereocenters. The summed E-state index contributed by atoms with van der Waals surface area (Å²) >= 11 is 0. The first-order valence-corrected chi connectivity index (χ1v) is 8.29. The number of hydrogen-bond donors (Lipinski definition) is 2. The Labute approximate surface area is 125 Å². The molecule has 2 rings (SSSR count). The van der Waals surface area contributed by atoms with Crippen LogP contribution >= 0.6 is 0 Å². The average molecular weight is 314 g/mol. The van der Waals surface area contributed by atoms with Crippen LogP contribution in [0.25, 0.3) is 0 Å². The molecule has 1 heterocycles. The normalized spacial score (nSPS) is 15.7. The lowest BCUT2D eigenvalue weighted by Crippen LogP contribution is -2.40. The van der Waals surface area contributed by atoms with Gasteiger partial charge in [0.1, 0.15) is 10.6 Å². The van der Waals surface area contributed by atoms with E-state index in [0.717, 1.165) is 22.7 Å². The van der Waals surface area contributed by atoms with Crippen molar-refractivity contribution in [2.45, 2.75) is 37.2 Å². The first kappa shape index (κ1) is 16.1. The zero-order valence-electron chi connectivity index (χ0n) is 12.6. The average Bonchev–Trinajstić information content (AvgIpc) is 2.35. The molecule has 1 aromatic rings. The van der Waals surface area contributed by atoms with Crippen molar-refractivity contribution in [3.8, 4) is 5.75 Å². The molecule has 1 aliphatic rings. The molecule has 0 spiro atoms. The molecule has 1 aromatic carbocycles. The molecule has 0 fully saturated rings. The number of hydrogen-bond acceptors (Lipinski definition) is 5. The minimum atomic E-state index is -3.77. The van der Waals surface area contributed by atoms with Crippen molar-refractivity contribution < 1.29 is 18.3 Å². The van der Waals surface area contributed by atoms with E-state index >= 15 is 0 Å². The Kier molecular flexibility index (Phi) is 4.19.